The number of aryl methyl sites for hydroxylation is 1. The quantitative estimate of drug-likeness (QED) is 0.616. The smallest absolute Gasteiger partial charge is 0.127 e. The van der Waals surface area contributed by atoms with Gasteiger partial charge in [0.2, 0.25) is 0 Å². The number of hydrogen-bond donors (Lipinski definition) is 0. The van der Waals surface area contributed by atoms with Crippen molar-refractivity contribution < 1.29 is 4.39 Å². The summed E-state index contributed by atoms with van der Waals surface area (Å²) in [4.78, 5) is 3.87. The normalized spacial score (nSPS) is 11.8. The van der Waals surface area contributed by atoms with Crippen LogP contribution in [0.25, 0.3) is 5.57 Å². The molecular formula is C9H11FN2. The second-order valence-electron chi connectivity index (χ2n) is 2.50. The minimum absolute atomic E-state index is 0.307. The zero-order chi connectivity index (χ0) is 9.14. The summed E-state index contributed by atoms with van der Waals surface area (Å²) >= 11 is 0. The first-order valence-corrected chi connectivity index (χ1v) is 3.64. The van der Waals surface area contributed by atoms with E-state index in [4.69, 9.17) is 0 Å². The van der Waals surface area contributed by atoms with E-state index in [0.717, 1.165) is 0 Å². The predicted molar refractivity (Wildman–Crippen MR) is 47.1 cm³/mol. The fraction of sp³-hybridized carbons (Fsp3) is 0.222. The van der Waals surface area contributed by atoms with E-state index >= 15 is 0 Å². The molecule has 1 aromatic heterocycles. The molecule has 2 nitrogen and oxygen atoms in total. The summed E-state index contributed by atoms with van der Waals surface area (Å²) in [6.45, 7) is 5.26. The molecule has 1 rings (SSSR count). The van der Waals surface area contributed by atoms with Crippen molar-refractivity contribution in [3.63, 3.8) is 0 Å². The van der Waals surface area contributed by atoms with Crippen LogP contribution in [0.2, 0.25) is 0 Å². The molecule has 64 valence electrons. The molecule has 3 heteroatoms. The van der Waals surface area contributed by atoms with Gasteiger partial charge in [-0.15, -0.1) is 0 Å². The summed E-state index contributed by atoms with van der Waals surface area (Å²) in [6.07, 6.45) is 4.59. The zero-order valence-electron chi connectivity index (χ0n) is 7.21. The van der Waals surface area contributed by atoms with Crippen LogP contribution in [-0.4, -0.2) is 9.55 Å². The third kappa shape index (κ3) is 1.44. The van der Waals surface area contributed by atoms with Gasteiger partial charge in [0.05, 0.1) is 18.2 Å². The van der Waals surface area contributed by atoms with Crippen LogP contribution in [0.15, 0.2) is 31.0 Å². The maximum Gasteiger partial charge on any atom is 0.127 e. The number of halogens is 1. The summed E-state index contributed by atoms with van der Waals surface area (Å²) in [7, 11) is 1.80. The number of imidazole rings is 1. The van der Waals surface area contributed by atoms with Gasteiger partial charge < -0.3 is 4.57 Å². The maximum atomic E-state index is 13.0. The Kier molecular flexibility index (Phi) is 2.43. The SMILES string of the molecule is C=C(/C(F)=C\C)c1cncn1C. The highest BCUT2D eigenvalue weighted by Gasteiger charge is 2.06. The Bertz CT molecular complexity index is 323. The van der Waals surface area contributed by atoms with Crippen molar-refractivity contribution in [3.05, 3.63) is 36.7 Å². The molecule has 0 amide bonds. The molecule has 0 N–H and O–H groups in total. The van der Waals surface area contributed by atoms with Gasteiger partial charge in [0.15, 0.2) is 0 Å². The second-order valence-corrected chi connectivity index (χ2v) is 2.50. The van der Waals surface area contributed by atoms with Crippen molar-refractivity contribution in [1.82, 2.24) is 9.55 Å². The van der Waals surface area contributed by atoms with Crippen LogP contribution in [0.4, 0.5) is 4.39 Å². The molecule has 0 saturated heterocycles. The van der Waals surface area contributed by atoms with E-state index in [1.54, 1.807) is 31.1 Å². The molecule has 0 aliphatic rings. The molecule has 0 fully saturated rings. The standard InChI is InChI=1S/C9H11FN2/c1-4-8(10)7(2)9-5-11-6-12(9)3/h4-6H,2H2,1,3H3/b8-4+. The van der Waals surface area contributed by atoms with Crippen LogP contribution in [0.3, 0.4) is 0 Å². The van der Waals surface area contributed by atoms with Gasteiger partial charge in [-0.25, -0.2) is 9.37 Å². The molecule has 0 unspecified atom stereocenters. The minimum atomic E-state index is -0.307. The number of aromatic nitrogens is 2. The maximum absolute atomic E-state index is 13.0. The average molecular weight is 166 g/mol. The van der Waals surface area contributed by atoms with Crippen molar-refractivity contribution in [2.45, 2.75) is 6.92 Å². The summed E-state index contributed by atoms with van der Waals surface area (Å²) in [5.41, 5.74) is 1.07. The van der Waals surface area contributed by atoms with Crippen molar-refractivity contribution in [2.24, 2.45) is 7.05 Å². The zero-order valence-corrected chi connectivity index (χ0v) is 7.21. The Labute approximate surface area is 71.0 Å². The van der Waals surface area contributed by atoms with Crippen LogP contribution < -0.4 is 0 Å². The van der Waals surface area contributed by atoms with E-state index in [0.29, 0.717) is 11.3 Å². The van der Waals surface area contributed by atoms with Gasteiger partial charge in [0.1, 0.15) is 5.83 Å². The van der Waals surface area contributed by atoms with E-state index < -0.39 is 0 Å². The van der Waals surface area contributed by atoms with Gasteiger partial charge in [0, 0.05) is 12.6 Å². The monoisotopic (exact) mass is 166 g/mol. The number of hydrogen-bond acceptors (Lipinski definition) is 1. The Morgan fingerprint density at radius 2 is 2.42 bits per heavy atom. The predicted octanol–water partition coefficient (Wildman–Crippen LogP) is 2.31. The van der Waals surface area contributed by atoms with E-state index in [9.17, 15) is 4.39 Å². The van der Waals surface area contributed by atoms with Crippen LogP contribution in [0.1, 0.15) is 12.6 Å². The molecular weight excluding hydrogens is 155 g/mol. The van der Waals surface area contributed by atoms with Gasteiger partial charge in [-0.3, -0.25) is 0 Å². The minimum Gasteiger partial charge on any atom is -0.334 e. The number of allylic oxidation sites excluding steroid dienone is 3. The van der Waals surface area contributed by atoms with E-state index in [2.05, 4.69) is 11.6 Å². The molecule has 0 spiro atoms. The molecule has 0 aliphatic carbocycles. The molecule has 0 atom stereocenters. The highest BCUT2D eigenvalue weighted by Crippen LogP contribution is 2.20. The molecule has 0 bridgehead atoms. The van der Waals surface area contributed by atoms with Crippen LogP contribution >= 0.6 is 0 Å². The fourth-order valence-electron chi connectivity index (χ4n) is 0.945. The lowest BCUT2D eigenvalue weighted by Gasteiger charge is -2.02. The third-order valence-electron chi connectivity index (χ3n) is 1.67. The first-order chi connectivity index (χ1) is 5.66. The highest BCUT2D eigenvalue weighted by atomic mass is 19.1. The molecule has 12 heavy (non-hydrogen) atoms. The summed E-state index contributed by atoms with van der Waals surface area (Å²) in [5.74, 6) is -0.307. The molecule has 0 aromatic carbocycles. The lowest BCUT2D eigenvalue weighted by Crippen LogP contribution is -1.93. The fourth-order valence-corrected chi connectivity index (χ4v) is 0.945. The van der Waals surface area contributed by atoms with E-state index in [-0.39, 0.29) is 5.83 Å². The van der Waals surface area contributed by atoms with Gasteiger partial charge >= 0.3 is 0 Å². The van der Waals surface area contributed by atoms with Crippen molar-refractivity contribution >= 4 is 5.57 Å². The van der Waals surface area contributed by atoms with E-state index in [1.807, 2.05) is 0 Å². The number of nitrogens with zero attached hydrogens (tertiary/aromatic N) is 2. The number of rotatable bonds is 2. The Morgan fingerprint density at radius 1 is 1.75 bits per heavy atom. The van der Waals surface area contributed by atoms with Gasteiger partial charge in [-0.2, -0.15) is 0 Å². The Morgan fingerprint density at radius 3 is 2.83 bits per heavy atom. The lowest BCUT2D eigenvalue weighted by molar-refractivity contribution is 0.669. The molecule has 1 aromatic rings. The molecule has 1 heterocycles. The largest absolute Gasteiger partial charge is 0.334 e. The lowest BCUT2D eigenvalue weighted by atomic mass is 10.2. The van der Waals surface area contributed by atoms with Gasteiger partial charge in [-0.05, 0) is 6.92 Å². The summed E-state index contributed by atoms with van der Waals surface area (Å²) < 4.78 is 14.7. The van der Waals surface area contributed by atoms with Crippen molar-refractivity contribution in [2.75, 3.05) is 0 Å². The van der Waals surface area contributed by atoms with Gasteiger partial charge in [-0.1, -0.05) is 12.7 Å². The molecule has 0 aliphatic heterocycles. The topological polar surface area (TPSA) is 17.8 Å². The highest BCUT2D eigenvalue weighted by molar-refractivity contribution is 5.72. The van der Waals surface area contributed by atoms with Crippen molar-refractivity contribution in [1.29, 1.82) is 0 Å². The van der Waals surface area contributed by atoms with Crippen LogP contribution in [0.5, 0.6) is 0 Å². The van der Waals surface area contributed by atoms with E-state index in [1.165, 1.54) is 6.08 Å². The van der Waals surface area contributed by atoms with Gasteiger partial charge in [0.25, 0.3) is 0 Å². The Hall–Kier alpha value is -1.38. The average Bonchev–Trinajstić information content (AvgIpc) is 2.48. The Balaban J connectivity index is 3.01. The second kappa shape index (κ2) is 3.34. The first-order valence-electron chi connectivity index (χ1n) is 3.64. The summed E-state index contributed by atoms with van der Waals surface area (Å²) in [5, 5.41) is 0. The summed E-state index contributed by atoms with van der Waals surface area (Å²) in [6, 6.07) is 0. The van der Waals surface area contributed by atoms with Crippen LogP contribution in [0, 0.1) is 0 Å². The van der Waals surface area contributed by atoms with Crippen molar-refractivity contribution in [3.8, 4) is 0 Å². The molecule has 0 radical (unpaired) electrons. The first kappa shape index (κ1) is 8.71. The van der Waals surface area contributed by atoms with Crippen LogP contribution in [-0.2, 0) is 7.05 Å². The molecule has 0 saturated carbocycles. The third-order valence-corrected chi connectivity index (χ3v) is 1.67.